The lowest BCUT2D eigenvalue weighted by molar-refractivity contribution is -0.147. The second-order valence-electron chi connectivity index (χ2n) is 3.51. The summed E-state index contributed by atoms with van der Waals surface area (Å²) in [6.07, 6.45) is 6.18. The second-order valence-corrected chi connectivity index (χ2v) is 3.51. The standard InChI is InChI=1S/C9H12N2O/c1-3-9-6-7(2)11(9)5-4-10-8(9)12/h1,7H,4-6H2,2H3,(H,10,12)/t7?,9-/m1/s1. The first-order valence-corrected chi connectivity index (χ1v) is 4.23. The van der Waals surface area contributed by atoms with E-state index in [1.54, 1.807) is 0 Å². The van der Waals surface area contributed by atoms with Gasteiger partial charge in [-0.3, -0.25) is 9.69 Å². The Kier molecular flexibility index (Phi) is 1.42. The van der Waals surface area contributed by atoms with Crippen molar-refractivity contribution in [1.82, 2.24) is 10.2 Å². The Labute approximate surface area is 72.1 Å². The second kappa shape index (κ2) is 2.24. The summed E-state index contributed by atoms with van der Waals surface area (Å²) < 4.78 is 0. The zero-order valence-electron chi connectivity index (χ0n) is 7.13. The van der Waals surface area contributed by atoms with Crippen molar-refractivity contribution in [2.24, 2.45) is 0 Å². The third-order valence-electron chi connectivity index (χ3n) is 2.87. The van der Waals surface area contributed by atoms with E-state index in [1.807, 2.05) is 0 Å². The van der Waals surface area contributed by atoms with E-state index in [-0.39, 0.29) is 5.91 Å². The summed E-state index contributed by atoms with van der Waals surface area (Å²) in [6, 6.07) is 0.465. The van der Waals surface area contributed by atoms with Crippen molar-refractivity contribution in [3.05, 3.63) is 0 Å². The van der Waals surface area contributed by atoms with Gasteiger partial charge in [0.25, 0.3) is 5.91 Å². The van der Waals surface area contributed by atoms with Crippen LogP contribution in [0, 0.1) is 12.3 Å². The summed E-state index contributed by atoms with van der Waals surface area (Å²) in [6.45, 7) is 3.72. The number of carbonyl (C=O) groups excluding carboxylic acids is 1. The first-order chi connectivity index (χ1) is 5.70. The Morgan fingerprint density at radius 2 is 2.58 bits per heavy atom. The maximum absolute atomic E-state index is 11.5. The molecule has 0 saturated carbocycles. The van der Waals surface area contributed by atoms with Crippen molar-refractivity contribution in [2.75, 3.05) is 13.1 Å². The highest BCUT2D eigenvalue weighted by atomic mass is 16.2. The van der Waals surface area contributed by atoms with Crippen LogP contribution >= 0.6 is 0 Å². The van der Waals surface area contributed by atoms with Crippen molar-refractivity contribution in [3.8, 4) is 12.3 Å². The summed E-state index contributed by atoms with van der Waals surface area (Å²) in [4.78, 5) is 13.6. The first-order valence-electron chi connectivity index (χ1n) is 4.23. The van der Waals surface area contributed by atoms with Crippen LogP contribution < -0.4 is 5.32 Å². The number of piperazine rings is 1. The van der Waals surface area contributed by atoms with E-state index in [9.17, 15) is 4.79 Å². The molecule has 3 nitrogen and oxygen atoms in total. The van der Waals surface area contributed by atoms with E-state index in [2.05, 4.69) is 23.1 Å². The van der Waals surface area contributed by atoms with Gasteiger partial charge in [-0.1, -0.05) is 5.92 Å². The van der Waals surface area contributed by atoms with E-state index < -0.39 is 5.54 Å². The largest absolute Gasteiger partial charge is 0.352 e. The molecule has 1 unspecified atom stereocenters. The minimum Gasteiger partial charge on any atom is -0.352 e. The number of nitrogens with one attached hydrogen (secondary N) is 1. The Bertz CT molecular complexity index is 268. The minimum atomic E-state index is -0.600. The number of hydrogen-bond donors (Lipinski definition) is 1. The van der Waals surface area contributed by atoms with Gasteiger partial charge in [0.2, 0.25) is 0 Å². The SMILES string of the molecule is C#C[C@]12CC(C)N1CCNC2=O. The molecule has 0 aromatic heterocycles. The van der Waals surface area contributed by atoms with Gasteiger partial charge in [0, 0.05) is 25.6 Å². The lowest BCUT2D eigenvalue weighted by Crippen LogP contribution is -2.74. The van der Waals surface area contributed by atoms with Gasteiger partial charge < -0.3 is 5.32 Å². The predicted octanol–water partition coefficient (Wildman–Crippen LogP) is -0.418. The number of carbonyl (C=O) groups is 1. The van der Waals surface area contributed by atoms with Gasteiger partial charge in [0.05, 0.1) is 0 Å². The van der Waals surface area contributed by atoms with E-state index >= 15 is 0 Å². The van der Waals surface area contributed by atoms with Gasteiger partial charge in [-0.2, -0.15) is 0 Å². The molecule has 0 spiro atoms. The molecule has 2 saturated heterocycles. The van der Waals surface area contributed by atoms with Crippen LogP contribution in [-0.4, -0.2) is 35.5 Å². The van der Waals surface area contributed by atoms with Crippen molar-refractivity contribution < 1.29 is 4.79 Å². The molecule has 2 rings (SSSR count). The molecule has 1 amide bonds. The molecular weight excluding hydrogens is 152 g/mol. The third kappa shape index (κ3) is 0.683. The van der Waals surface area contributed by atoms with Gasteiger partial charge in [-0.15, -0.1) is 6.42 Å². The predicted molar refractivity (Wildman–Crippen MR) is 45.4 cm³/mol. The average molecular weight is 164 g/mol. The lowest BCUT2D eigenvalue weighted by atomic mass is 9.77. The van der Waals surface area contributed by atoms with Gasteiger partial charge in [-0.25, -0.2) is 0 Å². The fourth-order valence-corrected chi connectivity index (χ4v) is 2.20. The highest BCUT2D eigenvalue weighted by Gasteiger charge is 2.55. The zero-order valence-corrected chi connectivity index (χ0v) is 7.13. The monoisotopic (exact) mass is 164 g/mol. The van der Waals surface area contributed by atoms with Crippen LogP contribution in [0.2, 0.25) is 0 Å². The smallest absolute Gasteiger partial charge is 0.253 e. The normalized spacial score (nSPS) is 40.7. The van der Waals surface area contributed by atoms with Crippen molar-refractivity contribution >= 4 is 5.91 Å². The molecule has 0 aromatic rings. The Hall–Kier alpha value is -1.01. The molecule has 0 radical (unpaired) electrons. The molecule has 2 atom stereocenters. The van der Waals surface area contributed by atoms with Crippen molar-refractivity contribution in [2.45, 2.75) is 24.9 Å². The highest BCUT2D eigenvalue weighted by Crippen LogP contribution is 2.37. The highest BCUT2D eigenvalue weighted by molar-refractivity contribution is 5.92. The van der Waals surface area contributed by atoms with Crippen LogP contribution in [0.15, 0.2) is 0 Å². The van der Waals surface area contributed by atoms with Crippen LogP contribution in [0.5, 0.6) is 0 Å². The van der Waals surface area contributed by atoms with E-state index in [0.29, 0.717) is 6.04 Å². The third-order valence-corrected chi connectivity index (χ3v) is 2.87. The molecule has 12 heavy (non-hydrogen) atoms. The molecule has 1 N–H and O–H groups in total. The molecule has 0 bridgehead atoms. The summed E-state index contributed by atoms with van der Waals surface area (Å²) in [5.41, 5.74) is -0.600. The fraction of sp³-hybridized carbons (Fsp3) is 0.667. The minimum absolute atomic E-state index is 0.00866. The topological polar surface area (TPSA) is 32.3 Å². The number of fused-ring (bicyclic) bond motifs is 1. The Morgan fingerprint density at radius 3 is 3.08 bits per heavy atom. The van der Waals surface area contributed by atoms with Gasteiger partial charge >= 0.3 is 0 Å². The van der Waals surface area contributed by atoms with Gasteiger partial charge in [0.1, 0.15) is 0 Å². The lowest BCUT2D eigenvalue weighted by Gasteiger charge is -2.55. The van der Waals surface area contributed by atoms with Crippen LogP contribution in [0.25, 0.3) is 0 Å². The summed E-state index contributed by atoms with van der Waals surface area (Å²) in [5, 5.41) is 2.80. The van der Waals surface area contributed by atoms with Crippen LogP contribution in [-0.2, 0) is 4.79 Å². The van der Waals surface area contributed by atoms with Crippen molar-refractivity contribution in [1.29, 1.82) is 0 Å². The zero-order chi connectivity index (χ0) is 8.77. The van der Waals surface area contributed by atoms with Crippen LogP contribution in [0.1, 0.15) is 13.3 Å². The maximum Gasteiger partial charge on any atom is 0.253 e. The number of amides is 1. The molecular formula is C9H12N2O. The molecule has 64 valence electrons. The van der Waals surface area contributed by atoms with Gasteiger partial charge in [0.15, 0.2) is 5.54 Å². The molecule has 0 aliphatic carbocycles. The maximum atomic E-state index is 11.5. The van der Waals surface area contributed by atoms with Gasteiger partial charge in [-0.05, 0) is 6.92 Å². The molecule has 3 heteroatoms. The number of hydrogen-bond acceptors (Lipinski definition) is 2. The van der Waals surface area contributed by atoms with E-state index in [0.717, 1.165) is 19.5 Å². The summed E-state index contributed by atoms with van der Waals surface area (Å²) >= 11 is 0. The Balaban J connectivity index is 2.28. The summed E-state index contributed by atoms with van der Waals surface area (Å²) in [7, 11) is 0. The molecule has 2 aliphatic rings. The quantitative estimate of drug-likeness (QED) is 0.493. The molecule has 2 fully saturated rings. The molecule has 2 aliphatic heterocycles. The summed E-state index contributed by atoms with van der Waals surface area (Å²) in [5.74, 6) is 2.62. The molecule has 0 aromatic carbocycles. The number of nitrogens with zero attached hydrogens (tertiary/aromatic N) is 1. The number of terminal acetylenes is 1. The van der Waals surface area contributed by atoms with Crippen molar-refractivity contribution in [3.63, 3.8) is 0 Å². The fourth-order valence-electron chi connectivity index (χ4n) is 2.20. The first kappa shape index (κ1) is 7.63. The average Bonchev–Trinajstić information content (AvgIpc) is 2.06. The van der Waals surface area contributed by atoms with E-state index in [1.165, 1.54) is 0 Å². The molecule has 2 heterocycles. The van der Waals surface area contributed by atoms with Crippen LogP contribution in [0.4, 0.5) is 0 Å². The van der Waals surface area contributed by atoms with Crippen LogP contribution in [0.3, 0.4) is 0 Å². The number of rotatable bonds is 0. The van der Waals surface area contributed by atoms with E-state index in [4.69, 9.17) is 6.42 Å². The Morgan fingerprint density at radius 1 is 1.83 bits per heavy atom.